The minimum atomic E-state index is -0.538. The van der Waals surface area contributed by atoms with E-state index < -0.39 is 6.03 Å². The topological polar surface area (TPSA) is 102 Å². The lowest BCUT2D eigenvalue weighted by Gasteiger charge is -2.08. The van der Waals surface area contributed by atoms with Crippen LogP contribution >= 0.6 is 11.8 Å². The maximum Gasteiger partial charge on any atom is 0.321 e. The molecule has 0 spiro atoms. The van der Waals surface area contributed by atoms with Crippen LogP contribution in [0.2, 0.25) is 0 Å². The number of amides is 3. The lowest BCUT2D eigenvalue weighted by Crippen LogP contribution is -2.39. The number of hydrogen-bond donors (Lipinski definition) is 2. The molecule has 0 unspecified atom stereocenters. The molecule has 8 nitrogen and oxygen atoms in total. The molecule has 2 heterocycles. The van der Waals surface area contributed by atoms with E-state index in [0.717, 1.165) is 23.8 Å². The predicted molar refractivity (Wildman–Crippen MR) is 90.1 cm³/mol. The Morgan fingerprint density at radius 1 is 1.28 bits per heavy atom. The molecule has 2 aliphatic carbocycles. The van der Waals surface area contributed by atoms with Gasteiger partial charge < -0.3 is 14.3 Å². The highest BCUT2D eigenvalue weighted by Gasteiger charge is 2.36. The lowest BCUT2D eigenvalue weighted by atomic mass is 10.4. The van der Waals surface area contributed by atoms with E-state index >= 15 is 0 Å². The van der Waals surface area contributed by atoms with Crippen molar-refractivity contribution >= 4 is 23.7 Å². The van der Waals surface area contributed by atoms with Gasteiger partial charge in [-0.1, -0.05) is 11.8 Å². The molecule has 2 aromatic rings. The molecule has 2 aromatic heterocycles. The number of carbonyl (C=O) groups is 2. The third-order valence-corrected chi connectivity index (χ3v) is 5.08. The molecule has 2 fully saturated rings. The number of rotatable bonds is 7. The monoisotopic (exact) mass is 361 g/mol. The van der Waals surface area contributed by atoms with Crippen LogP contribution in [0.15, 0.2) is 28.0 Å². The van der Waals surface area contributed by atoms with Gasteiger partial charge in [0.15, 0.2) is 5.16 Å². The Balaban J connectivity index is 1.26. The molecule has 0 saturated heterocycles. The summed E-state index contributed by atoms with van der Waals surface area (Å²) in [6.45, 7) is 0.236. The van der Waals surface area contributed by atoms with Crippen molar-refractivity contribution in [2.75, 3.05) is 5.75 Å². The minimum Gasteiger partial charge on any atom is -0.467 e. The van der Waals surface area contributed by atoms with Crippen molar-refractivity contribution in [1.29, 1.82) is 0 Å². The SMILES string of the molecule is O=C(CSc1nnc(C2CC2)n1C1CC1)NC(=O)NCc1ccco1. The molecule has 2 aliphatic rings. The summed E-state index contributed by atoms with van der Waals surface area (Å²) in [5.41, 5.74) is 0. The second-order valence-electron chi connectivity index (χ2n) is 6.32. The van der Waals surface area contributed by atoms with Crippen molar-refractivity contribution in [3.63, 3.8) is 0 Å². The molecule has 3 amide bonds. The molecule has 2 N–H and O–H groups in total. The summed E-state index contributed by atoms with van der Waals surface area (Å²) < 4.78 is 7.30. The number of carbonyl (C=O) groups excluding carboxylic acids is 2. The van der Waals surface area contributed by atoms with Crippen LogP contribution in [0.1, 0.15) is 49.2 Å². The zero-order valence-corrected chi connectivity index (χ0v) is 14.4. The predicted octanol–water partition coefficient (Wildman–Crippen LogP) is 2.20. The fraction of sp³-hybridized carbons (Fsp3) is 0.500. The van der Waals surface area contributed by atoms with Crippen LogP contribution < -0.4 is 10.6 Å². The van der Waals surface area contributed by atoms with E-state index in [1.165, 1.54) is 30.9 Å². The number of nitrogens with one attached hydrogen (secondary N) is 2. The molecule has 25 heavy (non-hydrogen) atoms. The standard InChI is InChI=1S/C16H19N5O3S/c22-13(18-15(23)17-8-12-2-1-7-24-12)9-25-16-20-19-14(10-3-4-10)21(16)11-5-6-11/h1-2,7,10-11H,3-6,8-9H2,(H2,17,18,22,23). The number of nitrogens with zero attached hydrogens (tertiary/aromatic N) is 3. The van der Waals surface area contributed by atoms with Gasteiger partial charge in [-0.05, 0) is 37.8 Å². The number of aromatic nitrogens is 3. The second-order valence-corrected chi connectivity index (χ2v) is 7.26. The van der Waals surface area contributed by atoms with Gasteiger partial charge in [-0.3, -0.25) is 10.1 Å². The first-order valence-electron chi connectivity index (χ1n) is 8.38. The zero-order chi connectivity index (χ0) is 17.2. The number of imide groups is 1. The Morgan fingerprint density at radius 3 is 2.80 bits per heavy atom. The van der Waals surface area contributed by atoms with Crippen molar-refractivity contribution in [2.24, 2.45) is 0 Å². The summed E-state index contributed by atoms with van der Waals surface area (Å²) in [4.78, 5) is 23.7. The highest BCUT2D eigenvalue weighted by atomic mass is 32.2. The summed E-state index contributed by atoms with van der Waals surface area (Å²) in [6, 6.07) is 3.43. The Morgan fingerprint density at radius 2 is 2.12 bits per heavy atom. The number of urea groups is 1. The fourth-order valence-electron chi connectivity index (χ4n) is 2.60. The minimum absolute atomic E-state index is 0.129. The smallest absolute Gasteiger partial charge is 0.321 e. The Bertz CT molecular complexity index is 765. The van der Waals surface area contributed by atoms with Crippen molar-refractivity contribution < 1.29 is 14.0 Å². The zero-order valence-electron chi connectivity index (χ0n) is 13.6. The highest BCUT2D eigenvalue weighted by Crippen LogP contribution is 2.45. The van der Waals surface area contributed by atoms with E-state index in [4.69, 9.17) is 4.42 Å². The summed E-state index contributed by atoms with van der Waals surface area (Å²) in [5.74, 6) is 1.98. The van der Waals surface area contributed by atoms with E-state index in [1.807, 2.05) is 0 Å². The van der Waals surface area contributed by atoms with Gasteiger partial charge >= 0.3 is 6.03 Å². The van der Waals surface area contributed by atoms with Gasteiger partial charge in [0, 0.05) is 12.0 Å². The van der Waals surface area contributed by atoms with Crippen molar-refractivity contribution in [3.8, 4) is 0 Å². The van der Waals surface area contributed by atoms with Crippen molar-refractivity contribution in [1.82, 2.24) is 25.4 Å². The largest absolute Gasteiger partial charge is 0.467 e. The summed E-state index contributed by atoms with van der Waals surface area (Å²) >= 11 is 1.33. The normalized spacial score (nSPS) is 16.6. The van der Waals surface area contributed by atoms with E-state index in [-0.39, 0.29) is 18.2 Å². The maximum atomic E-state index is 12.0. The van der Waals surface area contributed by atoms with Crippen molar-refractivity contribution in [3.05, 3.63) is 30.0 Å². The molecule has 9 heteroatoms. The van der Waals surface area contributed by atoms with Crippen molar-refractivity contribution in [2.45, 2.75) is 49.3 Å². The Labute approximate surface area is 148 Å². The van der Waals surface area contributed by atoms with Gasteiger partial charge in [0.2, 0.25) is 5.91 Å². The molecule has 132 valence electrons. The van der Waals surface area contributed by atoms with Gasteiger partial charge in [-0.2, -0.15) is 0 Å². The molecule has 4 rings (SSSR count). The quantitative estimate of drug-likeness (QED) is 0.733. The summed E-state index contributed by atoms with van der Waals surface area (Å²) in [7, 11) is 0. The third-order valence-electron chi connectivity index (χ3n) is 4.13. The average Bonchev–Trinajstić information content (AvgIpc) is 3.53. The molecule has 2 saturated carbocycles. The molecule has 0 aromatic carbocycles. The molecule has 0 bridgehead atoms. The first-order chi connectivity index (χ1) is 12.2. The maximum absolute atomic E-state index is 12.0. The van der Waals surface area contributed by atoms with Crippen LogP contribution in [0.25, 0.3) is 0 Å². The number of thioether (sulfide) groups is 1. The molecular weight excluding hydrogens is 342 g/mol. The molecule has 0 radical (unpaired) electrons. The van der Waals surface area contributed by atoms with Crippen LogP contribution in [0, 0.1) is 0 Å². The Kier molecular flexibility index (Phi) is 4.48. The van der Waals surface area contributed by atoms with E-state index in [0.29, 0.717) is 17.7 Å². The molecule has 0 atom stereocenters. The van der Waals surface area contributed by atoms with Gasteiger partial charge in [0.1, 0.15) is 11.6 Å². The van der Waals surface area contributed by atoms with Crippen LogP contribution in [0.3, 0.4) is 0 Å². The number of furan rings is 1. The summed E-state index contributed by atoms with van der Waals surface area (Å²) in [6.07, 6.45) is 6.17. The van der Waals surface area contributed by atoms with Crippen LogP contribution in [-0.4, -0.2) is 32.5 Å². The second kappa shape index (κ2) is 6.91. The van der Waals surface area contributed by atoms with E-state index in [1.54, 1.807) is 12.1 Å². The highest BCUT2D eigenvalue weighted by molar-refractivity contribution is 7.99. The van der Waals surface area contributed by atoms with Crippen LogP contribution in [0.5, 0.6) is 0 Å². The number of hydrogen-bond acceptors (Lipinski definition) is 6. The van der Waals surface area contributed by atoms with E-state index in [2.05, 4.69) is 25.4 Å². The van der Waals surface area contributed by atoms with E-state index in [9.17, 15) is 9.59 Å². The van der Waals surface area contributed by atoms with Gasteiger partial charge in [-0.25, -0.2) is 4.79 Å². The van der Waals surface area contributed by atoms with Crippen LogP contribution in [0.4, 0.5) is 4.79 Å². The van der Waals surface area contributed by atoms with Crippen LogP contribution in [-0.2, 0) is 11.3 Å². The molecular formula is C16H19N5O3S. The molecule has 0 aliphatic heterocycles. The first-order valence-corrected chi connectivity index (χ1v) is 9.37. The van der Waals surface area contributed by atoms with Gasteiger partial charge in [-0.15, -0.1) is 10.2 Å². The van der Waals surface area contributed by atoms with Gasteiger partial charge in [0.05, 0.1) is 18.6 Å². The Hall–Kier alpha value is -2.29. The first kappa shape index (κ1) is 16.2. The average molecular weight is 361 g/mol. The lowest BCUT2D eigenvalue weighted by molar-refractivity contribution is -0.117. The summed E-state index contributed by atoms with van der Waals surface area (Å²) in [5, 5.41) is 14.2. The third kappa shape index (κ3) is 4.04. The fourth-order valence-corrected chi connectivity index (χ4v) is 3.41. The van der Waals surface area contributed by atoms with Gasteiger partial charge in [0.25, 0.3) is 0 Å².